The van der Waals surface area contributed by atoms with Gasteiger partial charge in [0.15, 0.2) is 5.76 Å². The van der Waals surface area contributed by atoms with E-state index in [0.717, 1.165) is 0 Å². The normalized spacial score (nSPS) is 14.3. The first-order valence-corrected chi connectivity index (χ1v) is 10.2. The summed E-state index contributed by atoms with van der Waals surface area (Å²) in [5.41, 5.74) is 0.633. The third-order valence-electron chi connectivity index (χ3n) is 5.31. The maximum absolute atomic E-state index is 13.9. The Kier molecular flexibility index (Phi) is 6.46. The first kappa shape index (κ1) is 21.5. The molecule has 0 bridgehead atoms. The molecule has 1 saturated heterocycles. The molecule has 32 heavy (non-hydrogen) atoms. The van der Waals surface area contributed by atoms with Gasteiger partial charge in [0.1, 0.15) is 23.9 Å². The molecule has 3 aromatic rings. The second-order valence-electron chi connectivity index (χ2n) is 7.47. The summed E-state index contributed by atoms with van der Waals surface area (Å²) in [4.78, 5) is 26.8. The summed E-state index contributed by atoms with van der Waals surface area (Å²) < 4.78 is 25.1. The summed E-state index contributed by atoms with van der Waals surface area (Å²) in [5.74, 6) is 0.757. The Bertz CT molecular complexity index is 1090. The molecule has 0 N–H and O–H groups in total. The first-order valence-electron chi connectivity index (χ1n) is 10.2. The van der Waals surface area contributed by atoms with Gasteiger partial charge in [0.2, 0.25) is 0 Å². The van der Waals surface area contributed by atoms with E-state index in [9.17, 15) is 19.3 Å². The molecule has 9 heteroatoms. The van der Waals surface area contributed by atoms with E-state index in [1.807, 2.05) is 6.07 Å². The van der Waals surface area contributed by atoms with Crippen LogP contribution in [0.5, 0.6) is 5.75 Å². The Balaban J connectivity index is 1.27. The fraction of sp³-hybridized carbons (Fsp3) is 0.261. The average molecular weight is 439 g/mol. The van der Waals surface area contributed by atoms with Gasteiger partial charge in [0.05, 0.1) is 4.92 Å². The Labute approximate surface area is 184 Å². The highest BCUT2D eigenvalue weighted by Gasteiger charge is 2.24. The second kappa shape index (κ2) is 9.61. The van der Waals surface area contributed by atoms with Crippen molar-refractivity contribution in [1.82, 2.24) is 9.80 Å². The molecule has 1 aliphatic heterocycles. The van der Waals surface area contributed by atoms with Crippen molar-refractivity contribution in [3.8, 4) is 5.75 Å². The van der Waals surface area contributed by atoms with Crippen LogP contribution in [0.3, 0.4) is 0 Å². The van der Waals surface area contributed by atoms with Gasteiger partial charge in [-0.25, -0.2) is 4.39 Å². The molecule has 0 saturated carbocycles. The van der Waals surface area contributed by atoms with Crippen LogP contribution in [0, 0.1) is 15.9 Å². The molecule has 0 aliphatic carbocycles. The molecule has 1 amide bonds. The minimum Gasteiger partial charge on any atom is -0.486 e. The molecule has 0 unspecified atom stereocenters. The van der Waals surface area contributed by atoms with Crippen LogP contribution < -0.4 is 4.74 Å². The molecule has 0 atom stereocenters. The monoisotopic (exact) mass is 439 g/mol. The number of nitro benzene ring substituents is 1. The lowest BCUT2D eigenvalue weighted by atomic mass is 10.2. The minimum absolute atomic E-state index is 0.0165. The molecule has 2 heterocycles. The first-order chi connectivity index (χ1) is 15.5. The van der Waals surface area contributed by atoms with Crippen molar-refractivity contribution >= 4 is 11.6 Å². The third-order valence-corrected chi connectivity index (χ3v) is 5.31. The molecular formula is C23H22FN3O5. The molecule has 1 fully saturated rings. The third kappa shape index (κ3) is 5.12. The minimum atomic E-state index is -0.478. The topological polar surface area (TPSA) is 89.1 Å². The summed E-state index contributed by atoms with van der Waals surface area (Å²) in [6.45, 7) is 2.97. The van der Waals surface area contributed by atoms with E-state index in [1.165, 1.54) is 30.3 Å². The second-order valence-corrected chi connectivity index (χ2v) is 7.47. The van der Waals surface area contributed by atoms with E-state index in [-0.39, 0.29) is 29.8 Å². The largest absolute Gasteiger partial charge is 0.486 e. The number of nitrogens with zero attached hydrogens (tertiary/aromatic N) is 3. The van der Waals surface area contributed by atoms with Crippen LogP contribution in [0.4, 0.5) is 10.1 Å². The predicted molar refractivity (Wildman–Crippen MR) is 114 cm³/mol. The van der Waals surface area contributed by atoms with Crippen molar-refractivity contribution in [3.05, 3.63) is 93.7 Å². The fourth-order valence-electron chi connectivity index (χ4n) is 3.52. The van der Waals surface area contributed by atoms with Gasteiger partial charge in [0.25, 0.3) is 11.6 Å². The lowest BCUT2D eigenvalue weighted by molar-refractivity contribution is -0.384. The lowest BCUT2D eigenvalue weighted by Gasteiger charge is -2.34. The molecule has 166 valence electrons. The van der Waals surface area contributed by atoms with Crippen molar-refractivity contribution in [2.24, 2.45) is 0 Å². The summed E-state index contributed by atoms with van der Waals surface area (Å²) in [5, 5.41) is 10.7. The number of benzene rings is 2. The van der Waals surface area contributed by atoms with Gasteiger partial charge in [0, 0.05) is 50.4 Å². The van der Waals surface area contributed by atoms with Crippen LogP contribution in [0.25, 0.3) is 0 Å². The molecular weight excluding hydrogens is 417 g/mol. The standard InChI is InChI=1S/C23H22FN3O5/c24-21-4-2-1-3-17(21)15-25-11-13-26(14-12-25)23(28)22-10-9-20(32-22)16-31-19-7-5-18(6-8-19)27(29)30/h1-10H,11-16H2. The van der Waals surface area contributed by atoms with Gasteiger partial charge in [-0.3, -0.25) is 19.8 Å². The Morgan fingerprint density at radius 3 is 2.44 bits per heavy atom. The van der Waals surface area contributed by atoms with Gasteiger partial charge in [-0.15, -0.1) is 0 Å². The molecule has 1 aromatic heterocycles. The number of ether oxygens (including phenoxy) is 1. The molecule has 4 rings (SSSR count). The van der Waals surface area contributed by atoms with Crippen LogP contribution in [-0.4, -0.2) is 46.8 Å². The number of rotatable bonds is 7. The lowest BCUT2D eigenvalue weighted by Crippen LogP contribution is -2.48. The number of non-ortho nitro benzene ring substituents is 1. The van der Waals surface area contributed by atoms with Crippen molar-refractivity contribution in [2.45, 2.75) is 13.2 Å². The summed E-state index contributed by atoms with van der Waals surface area (Å²) in [6, 6.07) is 15.7. The van der Waals surface area contributed by atoms with Crippen LogP contribution in [0.1, 0.15) is 21.9 Å². The molecule has 0 radical (unpaired) electrons. The smallest absolute Gasteiger partial charge is 0.289 e. The highest BCUT2D eigenvalue weighted by atomic mass is 19.1. The van der Waals surface area contributed by atoms with Gasteiger partial charge >= 0.3 is 0 Å². The molecule has 2 aromatic carbocycles. The number of furan rings is 1. The fourth-order valence-corrected chi connectivity index (χ4v) is 3.52. The van der Waals surface area contributed by atoms with Crippen molar-refractivity contribution < 1.29 is 23.3 Å². The number of halogens is 1. The maximum atomic E-state index is 13.9. The van der Waals surface area contributed by atoms with E-state index in [1.54, 1.807) is 29.2 Å². The quantitative estimate of drug-likeness (QED) is 0.410. The SMILES string of the molecule is O=C(c1ccc(COc2ccc([N+](=O)[O-])cc2)o1)N1CCN(Cc2ccccc2F)CC1. The van der Waals surface area contributed by atoms with Crippen molar-refractivity contribution in [2.75, 3.05) is 26.2 Å². The summed E-state index contributed by atoms with van der Waals surface area (Å²) in [6.07, 6.45) is 0. The average Bonchev–Trinajstić information content (AvgIpc) is 3.29. The van der Waals surface area contributed by atoms with Gasteiger partial charge in [-0.1, -0.05) is 18.2 Å². The van der Waals surface area contributed by atoms with Gasteiger partial charge in [-0.05, 0) is 30.3 Å². The van der Waals surface area contributed by atoms with E-state index in [2.05, 4.69) is 4.90 Å². The van der Waals surface area contributed by atoms with Crippen molar-refractivity contribution in [1.29, 1.82) is 0 Å². The van der Waals surface area contributed by atoms with Crippen LogP contribution >= 0.6 is 0 Å². The highest BCUT2D eigenvalue weighted by Crippen LogP contribution is 2.20. The Morgan fingerprint density at radius 2 is 1.75 bits per heavy atom. The van der Waals surface area contributed by atoms with Gasteiger partial charge < -0.3 is 14.1 Å². The Hall–Kier alpha value is -3.72. The van der Waals surface area contributed by atoms with Crippen molar-refractivity contribution in [3.63, 3.8) is 0 Å². The Morgan fingerprint density at radius 1 is 1.03 bits per heavy atom. The van der Waals surface area contributed by atoms with Crippen LogP contribution in [0.2, 0.25) is 0 Å². The van der Waals surface area contributed by atoms with Crippen LogP contribution in [0.15, 0.2) is 65.1 Å². The number of hydrogen-bond acceptors (Lipinski definition) is 6. The molecule has 8 nitrogen and oxygen atoms in total. The zero-order valence-corrected chi connectivity index (χ0v) is 17.3. The number of amides is 1. The van der Waals surface area contributed by atoms with E-state index in [0.29, 0.717) is 49.8 Å². The zero-order chi connectivity index (χ0) is 22.5. The van der Waals surface area contributed by atoms with E-state index in [4.69, 9.17) is 9.15 Å². The number of carbonyl (C=O) groups is 1. The van der Waals surface area contributed by atoms with E-state index < -0.39 is 4.92 Å². The number of carbonyl (C=O) groups excluding carboxylic acids is 1. The van der Waals surface area contributed by atoms with E-state index >= 15 is 0 Å². The maximum Gasteiger partial charge on any atom is 0.289 e. The number of hydrogen-bond donors (Lipinski definition) is 0. The molecule has 1 aliphatic rings. The van der Waals surface area contributed by atoms with Crippen LogP contribution in [-0.2, 0) is 13.2 Å². The zero-order valence-electron chi connectivity index (χ0n) is 17.3. The predicted octanol–water partition coefficient (Wildman–Crippen LogP) is 3.86. The highest BCUT2D eigenvalue weighted by molar-refractivity contribution is 5.91. The summed E-state index contributed by atoms with van der Waals surface area (Å²) >= 11 is 0. The van der Waals surface area contributed by atoms with Gasteiger partial charge in [-0.2, -0.15) is 0 Å². The summed E-state index contributed by atoms with van der Waals surface area (Å²) in [7, 11) is 0. The molecule has 0 spiro atoms. The number of nitro groups is 1. The number of piperazine rings is 1.